The van der Waals surface area contributed by atoms with Gasteiger partial charge in [0, 0.05) is 6.07 Å². The molecule has 1 aromatic rings. The highest BCUT2D eigenvalue weighted by Crippen LogP contribution is 2.59. The van der Waals surface area contributed by atoms with E-state index in [9.17, 15) is 26.7 Å². The van der Waals surface area contributed by atoms with Gasteiger partial charge in [0.1, 0.15) is 6.61 Å². The molecule has 126 valence electrons. The van der Waals surface area contributed by atoms with Gasteiger partial charge in [0.15, 0.2) is 23.3 Å². The fourth-order valence-electron chi connectivity index (χ4n) is 2.67. The molecule has 23 heavy (non-hydrogen) atoms. The van der Waals surface area contributed by atoms with Crippen LogP contribution in [0.4, 0.5) is 22.0 Å². The van der Waals surface area contributed by atoms with Gasteiger partial charge in [-0.15, -0.1) is 0 Å². The SMILES string of the molecule is C/C(F)=C\C1[C@@H](C(=O)OCc2c(F)c(F)cc(F)c2F)C1(C)C. The summed E-state index contributed by atoms with van der Waals surface area (Å²) in [7, 11) is 0. The normalized spacial score (nSPS) is 22.9. The van der Waals surface area contributed by atoms with Gasteiger partial charge in [0.05, 0.1) is 17.3 Å². The standard InChI is InChI=1S/C16H15F5O2/c1-7(17)4-9-12(16(9,2)3)15(22)23-6-8-13(20)10(18)5-11(19)14(8)21/h4-5,9,12H,6H2,1-3H3/b7-4+/t9?,12-/m0/s1. The van der Waals surface area contributed by atoms with E-state index in [4.69, 9.17) is 4.74 Å². The van der Waals surface area contributed by atoms with Crippen LogP contribution in [0.25, 0.3) is 0 Å². The highest BCUT2D eigenvalue weighted by Gasteiger charge is 2.61. The van der Waals surface area contributed by atoms with Crippen molar-refractivity contribution in [1.82, 2.24) is 0 Å². The average Bonchev–Trinajstić information content (AvgIpc) is 2.96. The summed E-state index contributed by atoms with van der Waals surface area (Å²) in [5, 5.41) is 0. The molecule has 1 aliphatic carbocycles. The van der Waals surface area contributed by atoms with Crippen LogP contribution in [0.1, 0.15) is 26.3 Å². The molecule has 1 unspecified atom stereocenters. The first kappa shape index (κ1) is 17.4. The minimum absolute atomic E-state index is 0.0742. The summed E-state index contributed by atoms with van der Waals surface area (Å²) in [6.07, 6.45) is 1.27. The van der Waals surface area contributed by atoms with Crippen LogP contribution < -0.4 is 0 Å². The lowest BCUT2D eigenvalue weighted by molar-refractivity contribution is -0.147. The minimum atomic E-state index is -1.61. The van der Waals surface area contributed by atoms with Gasteiger partial charge in [0.2, 0.25) is 0 Å². The maximum Gasteiger partial charge on any atom is 0.310 e. The first-order valence-corrected chi connectivity index (χ1v) is 6.89. The summed E-state index contributed by atoms with van der Waals surface area (Å²) in [5.41, 5.74) is -1.56. The molecule has 0 spiro atoms. The molecule has 0 radical (unpaired) electrons. The molecule has 7 heteroatoms. The number of ether oxygens (including phenoxy) is 1. The number of rotatable bonds is 4. The Hall–Kier alpha value is -1.92. The van der Waals surface area contributed by atoms with Crippen molar-refractivity contribution in [3.63, 3.8) is 0 Å². The Labute approximate surface area is 129 Å². The molecule has 0 N–H and O–H groups in total. The van der Waals surface area contributed by atoms with E-state index in [2.05, 4.69) is 0 Å². The Morgan fingerprint density at radius 3 is 2.22 bits per heavy atom. The molecule has 0 bridgehead atoms. The second kappa shape index (κ2) is 5.94. The quantitative estimate of drug-likeness (QED) is 0.462. The Kier molecular flexibility index (Phi) is 4.50. The van der Waals surface area contributed by atoms with Crippen molar-refractivity contribution < 1.29 is 31.5 Å². The van der Waals surface area contributed by atoms with E-state index < -0.39 is 64.5 Å². The zero-order valence-electron chi connectivity index (χ0n) is 12.7. The van der Waals surface area contributed by atoms with Gasteiger partial charge in [-0.1, -0.05) is 13.8 Å². The third-order valence-corrected chi connectivity index (χ3v) is 4.14. The van der Waals surface area contributed by atoms with Crippen molar-refractivity contribution >= 4 is 5.97 Å². The molecule has 0 saturated heterocycles. The van der Waals surface area contributed by atoms with E-state index in [1.54, 1.807) is 13.8 Å². The molecule has 1 saturated carbocycles. The zero-order valence-corrected chi connectivity index (χ0v) is 12.7. The predicted molar refractivity (Wildman–Crippen MR) is 71.7 cm³/mol. The van der Waals surface area contributed by atoms with Gasteiger partial charge in [-0.25, -0.2) is 22.0 Å². The monoisotopic (exact) mass is 334 g/mol. The largest absolute Gasteiger partial charge is 0.460 e. The smallest absolute Gasteiger partial charge is 0.310 e. The minimum Gasteiger partial charge on any atom is -0.460 e. The molecular weight excluding hydrogens is 319 g/mol. The first-order chi connectivity index (χ1) is 10.6. The van der Waals surface area contributed by atoms with E-state index in [1.165, 1.54) is 13.0 Å². The van der Waals surface area contributed by atoms with E-state index in [0.29, 0.717) is 0 Å². The number of carbonyl (C=O) groups is 1. The number of hydrogen-bond donors (Lipinski definition) is 0. The van der Waals surface area contributed by atoms with Crippen LogP contribution in [-0.4, -0.2) is 5.97 Å². The van der Waals surface area contributed by atoms with Gasteiger partial charge >= 0.3 is 5.97 Å². The summed E-state index contributed by atoms with van der Waals surface area (Å²) in [6, 6.07) is 0.0742. The Morgan fingerprint density at radius 2 is 1.74 bits per heavy atom. The van der Waals surface area contributed by atoms with Crippen LogP contribution in [0.3, 0.4) is 0 Å². The van der Waals surface area contributed by atoms with Gasteiger partial charge in [-0.3, -0.25) is 4.79 Å². The van der Waals surface area contributed by atoms with Gasteiger partial charge < -0.3 is 4.74 Å². The summed E-state index contributed by atoms with van der Waals surface area (Å²) >= 11 is 0. The molecular formula is C16H15F5O2. The maximum absolute atomic E-state index is 13.5. The van der Waals surface area contributed by atoms with E-state index in [1.807, 2.05) is 0 Å². The second-order valence-electron chi connectivity index (χ2n) is 6.13. The molecule has 0 aliphatic heterocycles. The average molecular weight is 334 g/mol. The number of esters is 1. The first-order valence-electron chi connectivity index (χ1n) is 6.89. The van der Waals surface area contributed by atoms with Crippen molar-refractivity contribution in [2.24, 2.45) is 17.3 Å². The van der Waals surface area contributed by atoms with Crippen LogP contribution >= 0.6 is 0 Å². The summed E-state index contributed by atoms with van der Waals surface area (Å²) in [5.74, 6) is -8.71. The van der Waals surface area contributed by atoms with Gasteiger partial charge in [0.25, 0.3) is 0 Å². The molecule has 1 aliphatic rings. The molecule has 2 atom stereocenters. The molecule has 1 aromatic carbocycles. The third-order valence-electron chi connectivity index (χ3n) is 4.14. The van der Waals surface area contributed by atoms with Gasteiger partial charge in [-0.05, 0) is 24.3 Å². The van der Waals surface area contributed by atoms with Crippen molar-refractivity contribution in [2.75, 3.05) is 0 Å². The molecule has 0 amide bonds. The number of benzene rings is 1. The van der Waals surface area contributed by atoms with Gasteiger partial charge in [-0.2, -0.15) is 0 Å². The molecule has 1 fully saturated rings. The van der Waals surface area contributed by atoms with Crippen LogP contribution in [0.2, 0.25) is 0 Å². The van der Waals surface area contributed by atoms with Crippen LogP contribution in [-0.2, 0) is 16.1 Å². The van der Waals surface area contributed by atoms with Crippen molar-refractivity contribution in [2.45, 2.75) is 27.4 Å². The molecule has 2 nitrogen and oxygen atoms in total. The van der Waals surface area contributed by atoms with Crippen molar-refractivity contribution in [1.29, 1.82) is 0 Å². The third kappa shape index (κ3) is 3.23. The highest BCUT2D eigenvalue weighted by atomic mass is 19.2. The fraction of sp³-hybridized carbons (Fsp3) is 0.438. The fourth-order valence-corrected chi connectivity index (χ4v) is 2.67. The highest BCUT2D eigenvalue weighted by molar-refractivity contribution is 5.78. The van der Waals surface area contributed by atoms with E-state index >= 15 is 0 Å². The summed E-state index contributed by atoms with van der Waals surface area (Å²) in [6.45, 7) is 3.72. The predicted octanol–water partition coefficient (Wildman–Crippen LogP) is 4.43. The van der Waals surface area contributed by atoms with Crippen LogP contribution in [0, 0.1) is 40.5 Å². The Morgan fingerprint density at radius 1 is 1.22 bits per heavy atom. The number of carbonyl (C=O) groups excluding carboxylic acids is 1. The number of allylic oxidation sites excluding steroid dienone is 2. The van der Waals surface area contributed by atoms with Crippen LogP contribution in [0.5, 0.6) is 0 Å². The van der Waals surface area contributed by atoms with E-state index in [-0.39, 0.29) is 6.07 Å². The second-order valence-corrected chi connectivity index (χ2v) is 6.13. The lowest BCUT2D eigenvalue weighted by Gasteiger charge is -2.09. The van der Waals surface area contributed by atoms with Crippen molar-refractivity contribution in [3.05, 3.63) is 46.8 Å². The maximum atomic E-state index is 13.5. The molecule has 0 heterocycles. The molecule has 0 aromatic heterocycles. The zero-order chi connectivity index (χ0) is 17.5. The van der Waals surface area contributed by atoms with Crippen molar-refractivity contribution in [3.8, 4) is 0 Å². The summed E-state index contributed by atoms with van der Waals surface area (Å²) < 4.78 is 70.8. The Balaban J connectivity index is 2.11. The number of hydrogen-bond acceptors (Lipinski definition) is 2. The lowest BCUT2D eigenvalue weighted by Crippen LogP contribution is -2.13. The number of halogens is 5. The van der Waals surface area contributed by atoms with E-state index in [0.717, 1.165) is 0 Å². The summed E-state index contributed by atoms with van der Waals surface area (Å²) in [4.78, 5) is 12.0. The lowest BCUT2D eigenvalue weighted by atomic mass is 10.1. The Bertz CT molecular complexity index is 651. The topological polar surface area (TPSA) is 26.3 Å². The molecule has 2 rings (SSSR count). The van der Waals surface area contributed by atoms with Crippen LogP contribution in [0.15, 0.2) is 18.0 Å².